The summed E-state index contributed by atoms with van der Waals surface area (Å²) in [7, 11) is 2.69. The molecular formula is C25H35N3O5. The number of ether oxygens (including phenoxy) is 1. The zero-order valence-corrected chi connectivity index (χ0v) is 19.9. The zero-order chi connectivity index (χ0) is 24.2. The lowest BCUT2D eigenvalue weighted by molar-refractivity contribution is 0.0497. The van der Waals surface area contributed by atoms with Crippen molar-refractivity contribution >= 4 is 17.9 Å². The third-order valence-electron chi connectivity index (χ3n) is 5.59. The molecule has 1 heterocycles. The van der Waals surface area contributed by atoms with Crippen molar-refractivity contribution in [1.29, 1.82) is 0 Å². The van der Waals surface area contributed by atoms with E-state index in [0.717, 1.165) is 22.0 Å². The second-order valence-electron chi connectivity index (χ2n) is 8.21. The Morgan fingerprint density at radius 1 is 0.939 bits per heavy atom. The maximum absolute atomic E-state index is 12.2. The Balaban J connectivity index is 1.81. The van der Waals surface area contributed by atoms with Gasteiger partial charge in [-0.2, -0.15) is 0 Å². The maximum Gasteiger partial charge on any atom is 0.338 e. The summed E-state index contributed by atoms with van der Waals surface area (Å²) >= 11 is 0. The van der Waals surface area contributed by atoms with E-state index in [1.165, 1.54) is 65.3 Å². The van der Waals surface area contributed by atoms with Crippen LogP contribution in [-0.2, 0) is 18.8 Å². The summed E-state index contributed by atoms with van der Waals surface area (Å²) in [5.74, 6) is -0.835. The zero-order valence-electron chi connectivity index (χ0n) is 19.9. The average molecular weight is 458 g/mol. The van der Waals surface area contributed by atoms with E-state index in [1.807, 2.05) is 0 Å². The normalized spacial score (nSPS) is 11.2. The molecule has 33 heavy (non-hydrogen) atoms. The molecule has 0 bridgehead atoms. The Kier molecular flexibility index (Phi) is 10.6. The van der Waals surface area contributed by atoms with E-state index in [0.29, 0.717) is 17.9 Å². The van der Waals surface area contributed by atoms with Crippen LogP contribution in [0.5, 0.6) is 5.88 Å². The molecule has 180 valence electrons. The summed E-state index contributed by atoms with van der Waals surface area (Å²) in [6.45, 7) is 2.63. The maximum atomic E-state index is 12.2. The minimum Gasteiger partial charge on any atom is -0.494 e. The van der Waals surface area contributed by atoms with Gasteiger partial charge in [0, 0.05) is 20.3 Å². The van der Waals surface area contributed by atoms with Crippen LogP contribution in [0.25, 0.3) is 0 Å². The quantitative estimate of drug-likeness (QED) is 0.275. The van der Waals surface area contributed by atoms with Crippen LogP contribution in [0.15, 0.2) is 38.8 Å². The topological polar surface area (TPSA) is 103 Å². The number of esters is 1. The standard InChI is InChI=1S/C25H35N3O5/c1-4-5-6-7-8-9-10-11-12-17-33-24(31)19-13-15-20(16-14-19)26-18-21-22(29)27(2)25(32)28(3)23(21)30/h13-16,18,29H,4-12,17H2,1-3H3. The number of nitrogens with zero attached hydrogens (tertiary/aromatic N) is 3. The van der Waals surface area contributed by atoms with Gasteiger partial charge in [0.1, 0.15) is 5.56 Å². The van der Waals surface area contributed by atoms with Gasteiger partial charge < -0.3 is 9.84 Å². The molecule has 0 atom stereocenters. The average Bonchev–Trinajstić information content (AvgIpc) is 2.83. The molecule has 1 aromatic heterocycles. The number of hydrogen-bond acceptors (Lipinski definition) is 6. The summed E-state index contributed by atoms with van der Waals surface area (Å²) in [6, 6.07) is 6.44. The van der Waals surface area contributed by atoms with Crippen molar-refractivity contribution in [3.8, 4) is 5.88 Å². The lowest BCUT2D eigenvalue weighted by Crippen LogP contribution is -2.38. The summed E-state index contributed by atoms with van der Waals surface area (Å²) in [4.78, 5) is 40.4. The number of aromatic nitrogens is 2. The smallest absolute Gasteiger partial charge is 0.338 e. The molecule has 0 amide bonds. The molecule has 1 N–H and O–H groups in total. The Bertz CT molecular complexity index is 1050. The Labute approximate surface area is 194 Å². The number of benzene rings is 1. The van der Waals surface area contributed by atoms with Crippen LogP contribution in [0.4, 0.5) is 5.69 Å². The van der Waals surface area contributed by atoms with Crippen molar-refractivity contribution < 1.29 is 14.6 Å². The van der Waals surface area contributed by atoms with Crippen LogP contribution >= 0.6 is 0 Å². The van der Waals surface area contributed by atoms with Gasteiger partial charge in [-0.3, -0.25) is 18.9 Å². The van der Waals surface area contributed by atoms with Crippen molar-refractivity contribution in [1.82, 2.24) is 9.13 Å². The number of carbonyl (C=O) groups excluding carboxylic acids is 1. The van der Waals surface area contributed by atoms with E-state index in [9.17, 15) is 19.5 Å². The minimum absolute atomic E-state index is 0.0935. The van der Waals surface area contributed by atoms with Gasteiger partial charge >= 0.3 is 11.7 Å². The highest BCUT2D eigenvalue weighted by atomic mass is 16.5. The number of rotatable bonds is 13. The number of carbonyl (C=O) groups is 1. The van der Waals surface area contributed by atoms with Crippen molar-refractivity contribution in [2.75, 3.05) is 6.61 Å². The van der Waals surface area contributed by atoms with Crippen molar-refractivity contribution in [3.05, 3.63) is 56.2 Å². The summed E-state index contributed by atoms with van der Waals surface area (Å²) in [5, 5.41) is 10.1. The van der Waals surface area contributed by atoms with Crippen LogP contribution < -0.4 is 11.2 Å². The van der Waals surface area contributed by atoms with Crippen LogP contribution in [0.1, 0.15) is 80.6 Å². The number of hydrogen-bond donors (Lipinski definition) is 1. The molecule has 8 nitrogen and oxygen atoms in total. The van der Waals surface area contributed by atoms with Crippen molar-refractivity contribution in [3.63, 3.8) is 0 Å². The van der Waals surface area contributed by atoms with E-state index in [1.54, 1.807) is 24.3 Å². The predicted molar refractivity (Wildman–Crippen MR) is 130 cm³/mol. The highest BCUT2D eigenvalue weighted by molar-refractivity contribution is 5.90. The molecule has 0 fully saturated rings. The van der Waals surface area contributed by atoms with E-state index < -0.39 is 17.1 Å². The molecule has 2 aromatic rings. The van der Waals surface area contributed by atoms with Crippen LogP contribution in [0, 0.1) is 0 Å². The Morgan fingerprint density at radius 3 is 2.12 bits per heavy atom. The highest BCUT2D eigenvalue weighted by Gasteiger charge is 2.13. The monoisotopic (exact) mass is 457 g/mol. The molecule has 0 saturated carbocycles. The molecule has 8 heteroatoms. The van der Waals surface area contributed by atoms with E-state index in [-0.39, 0.29) is 11.5 Å². The number of unbranched alkanes of at least 4 members (excludes halogenated alkanes) is 8. The summed E-state index contributed by atoms with van der Waals surface area (Å²) in [6.07, 6.45) is 12.0. The van der Waals surface area contributed by atoms with E-state index in [4.69, 9.17) is 4.74 Å². The summed E-state index contributed by atoms with van der Waals surface area (Å²) < 4.78 is 7.20. The molecule has 2 rings (SSSR count). The Hall–Kier alpha value is -3.16. The minimum atomic E-state index is -0.643. The molecule has 0 aliphatic heterocycles. The number of aromatic hydroxyl groups is 1. The molecule has 0 saturated heterocycles. The lowest BCUT2D eigenvalue weighted by atomic mass is 10.1. The van der Waals surface area contributed by atoms with E-state index in [2.05, 4.69) is 11.9 Å². The molecule has 0 aliphatic rings. The van der Waals surface area contributed by atoms with Gasteiger partial charge in [-0.1, -0.05) is 58.3 Å². The van der Waals surface area contributed by atoms with Crippen molar-refractivity contribution in [2.45, 2.75) is 64.7 Å². The predicted octanol–water partition coefficient (Wildman–Crippen LogP) is 4.23. The first-order valence-corrected chi connectivity index (χ1v) is 11.7. The molecule has 0 radical (unpaired) electrons. The van der Waals surface area contributed by atoms with Crippen LogP contribution in [0.2, 0.25) is 0 Å². The van der Waals surface area contributed by atoms with Gasteiger partial charge in [0.15, 0.2) is 0 Å². The Morgan fingerprint density at radius 2 is 1.52 bits per heavy atom. The SMILES string of the molecule is CCCCCCCCCCCOC(=O)c1ccc(N=Cc2c(O)n(C)c(=O)n(C)c2=O)cc1. The van der Waals surface area contributed by atoms with Gasteiger partial charge in [-0.15, -0.1) is 0 Å². The fourth-order valence-corrected chi connectivity index (χ4v) is 3.46. The molecule has 0 spiro atoms. The summed E-state index contributed by atoms with van der Waals surface area (Å²) in [5.41, 5.74) is -0.452. The highest BCUT2D eigenvalue weighted by Crippen LogP contribution is 2.15. The first-order valence-electron chi connectivity index (χ1n) is 11.7. The lowest BCUT2D eigenvalue weighted by Gasteiger charge is -2.07. The first-order chi connectivity index (χ1) is 15.9. The van der Waals surface area contributed by atoms with E-state index >= 15 is 0 Å². The van der Waals surface area contributed by atoms with Crippen molar-refractivity contribution in [2.24, 2.45) is 19.1 Å². The third-order valence-corrected chi connectivity index (χ3v) is 5.59. The van der Waals surface area contributed by atoms with Gasteiger partial charge in [0.25, 0.3) is 5.56 Å². The molecule has 0 unspecified atom stereocenters. The molecular weight excluding hydrogens is 422 g/mol. The fraction of sp³-hybridized carbons (Fsp3) is 0.520. The van der Waals surface area contributed by atoms with Gasteiger partial charge in [0.05, 0.1) is 17.9 Å². The second kappa shape index (κ2) is 13.4. The molecule has 0 aliphatic carbocycles. The van der Waals surface area contributed by atoms with Gasteiger partial charge in [0.2, 0.25) is 5.88 Å². The second-order valence-corrected chi connectivity index (χ2v) is 8.21. The number of aliphatic imine (C=N–C) groups is 1. The van der Waals surface area contributed by atoms with Crippen LogP contribution in [0.3, 0.4) is 0 Å². The molecule has 1 aromatic carbocycles. The van der Waals surface area contributed by atoms with Crippen LogP contribution in [-0.4, -0.2) is 33.0 Å². The first kappa shape index (κ1) is 26.1. The van der Waals surface area contributed by atoms with Gasteiger partial charge in [-0.25, -0.2) is 9.59 Å². The van der Waals surface area contributed by atoms with Gasteiger partial charge in [-0.05, 0) is 30.7 Å². The fourth-order valence-electron chi connectivity index (χ4n) is 3.46. The largest absolute Gasteiger partial charge is 0.494 e. The third kappa shape index (κ3) is 7.73.